The molecule has 1 aromatic rings. The van der Waals surface area contributed by atoms with Gasteiger partial charge in [-0.15, -0.1) is 0 Å². The summed E-state index contributed by atoms with van der Waals surface area (Å²) in [7, 11) is 4.57. The molecule has 0 aromatic heterocycles. The van der Waals surface area contributed by atoms with E-state index in [-0.39, 0.29) is 0 Å². The van der Waals surface area contributed by atoms with Crippen molar-refractivity contribution >= 4 is 9.69 Å². The van der Waals surface area contributed by atoms with Crippen LogP contribution in [0.3, 0.4) is 0 Å². The summed E-state index contributed by atoms with van der Waals surface area (Å²) in [5, 5.41) is 9.33. The molecule has 72 valence electrons. The van der Waals surface area contributed by atoms with Gasteiger partial charge in [-0.2, -0.15) is 0 Å². The number of nitrogens with one attached hydrogen (secondary N) is 1. The Kier molecular flexibility index (Phi) is 4.34. The minimum Gasteiger partial charge on any atom is -0.669 e. The van der Waals surface area contributed by atoms with Crippen LogP contribution >= 0.6 is 9.69 Å². The zero-order valence-corrected chi connectivity index (χ0v) is 9.34. The molecule has 4 heteroatoms. The van der Waals surface area contributed by atoms with Crippen LogP contribution in [-0.2, 0) is 23.7 Å². The van der Waals surface area contributed by atoms with Crippen LogP contribution in [0.15, 0.2) is 24.3 Å². The maximum Gasteiger partial charge on any atom is 0.0459 e. The average molecular weight is 285 g/mol. The topological polar surface area (TPSA) is 44.0 Å². The van der Waals surface area contributed by atoms with Crippen molar-refractivity contribution in [3.05, 3.63) is 41.1 Å². The molecule has 0 radical (unpaired) electrons. The second kappa shape index (κ2) is 5.06. The predicted molar refractivity (Wildman–Crippen MR) is 49.1 cm³/mol. The molecular formula is C9H10ClNORu. The van der Waals surface area contributed by atoms with Gasteiger partial charge < -0.3 is 10.8 Å². The molecule has 13 heavy (non-hydrogen) atoms. The van der Waals surface area contributed by atoms with Gasteiger partial charge in [0.2, 0.25) is 0 Å². The van der Waals surface area contributed by atoms with E-state index in [0.717, 1.165) is 11.1 Å². The maximum atomic E-state index is 9.33. The fourth-order valence-electron chi connectivity index (χ4n) is 1.57. The zero-order valence-electron chi connectivity index (χ0n) is 6.85. The largest absolute Gasteiger partial charge is 0.669 e. The molecule has 1 aliphatic carbocycles. The van der Waals surface area contributed by atoms with Crippen LogP contribution in [-0.4, -0.2) is 11.2 Å². The third-order valence-corrected chi connectivity index (χ3v) is 2.20. The molecule has 2 nitrogen and oxygen atoms in total. The first kappa shape index (κ1) is 11.1. The Balaban J connectivity index is 0.000000396. The molecule has 1 aliphatic rings. The zero-order chi connectivity index (χ0) is 9.84. The van der Waals surface area contributed by atoms with Gasteiger partial charge in [0.15, 0.2) is 0 Å². The van der Waals surface area contributed by atoms with Gasteiger partial charge in [0.05, 0.1) is 0 Å². The molecule has 0 heterocycles. The van der Waals surface area contributed by atoms with E-state index in [1.54, 1.807) is 0 Å². The van der Waals surface area contributed by atoms with E-state index in [0.29, 0.717) is 6.42 Å². The van der Waals surface area contributed by atoms with Gasteiger partial charge in [0.1, 0.15) is 0 Å². The van der Waals surface area contributed by atoms with Crippen LogP contribution < -0.4 is 0 Å². The maximum absolute atomic E-state index is 9.33. The van der Waals surface area contributed by atoms with Gasteiger partial charge in [0, 0.05) is 6.10 Å². The summed E-state index contributed by atoms with van der Waals surface area (Å²) in [6, 6.07) is 7.34. The smallest absolute Gasteiger partial charge is 0.0459 e. The Labute approximate surface area is 91.8 Å². The summed E-state index contributed by atoms with van der Waals surface area (Å²) in [4.78, 5) is 0. The molecule has 0 fully saturated rings. The van der Waals surface area contributed by atoms with E-state index in [1.165, 1.54) is 0 Å². The first-order valence-corrected chi connectivity index (χ1v) is 6.13. The molecule has 2 atom stereocenters. The summed E-state index contributed by atoms with van der Waals surface area (Å²) < 4.78 is 0. The molecule has 1 aromatic carbocycles. The summed E-state index contributed by atoms with van der Waals surface area (Å²) in [5.74, 6) is 0. The van der Waals surface area contributed by atoms with Crippen molar-refractivity contribution in [2.45, 2.75) is 18.6 Å². The third-order valence-electron chi connectivity index (χ3n) is 2.20. The Morgan fingerprint density at radius 1 is 1.38 bits per heavy atom. The summed E-state index contributed by atoms with van der Waals surface area (Å²) in [6.07, 6.45) is 0.150. The summed E-state index contributed by atoms with van der Waals surface area (Å²) in [5.41, 5.74) is 9.68. The molecular weight excluding hydrogens is 275 g/mol. The number of benzene rings is 1. The quantitative estimate of drug-likeness (QED) is 0.731. The van der Waals surface area contributed by atoms with Gasteiger partial charge in [-0.25, -0.2) is 0 Å². The molecule has 0 unspecified atom stereocenters. The monoisotopic (exact) mass is 285 g/mol. The normalized spacial score (nSPS) is 24.6. The number of halogens is 1. The van der Waals surface area contributed by atoms with E-state index >= 15 is 0 Å². The third kappa shape index (κ3) is 2.29. The Bertz CT molecular complexity index is 282. The molecule has 0 aliphatic heterocycles. The van der Waals surface area contributed by atoms with E-state index in [4.69, 9.17) is 5.73 Å². The van der Waals surface area contributed by atoms with Gasteiger partial charge in [-0.1, -0.05) is 35.9 Å². The molecule has 0 amide bonds. The number of hydrogen-bond acceptors (Lipinski definition) is 1. The second-order valence-corrected chi connectivity index (χ2v) is 2.95. The Hall–Kier alpha value is 0.0534. The van der Waals surface area contributed by atoms with E-state index in [9.17, 15) is 5.11 Å². The number of hydrogen-bond donors (Lipinski definition) is 1. The number of fused-ring (bicyclic) bond motifs is 1. The minimum absolute atomic E-state index is 0.425. The summed E-state index contributed by atoms with van der Waals surface area (Å²) in [6.45, 7) is 0. The van der Waals surface area contributed by atoms with Crippen molar-refractivity contribution < 1.29 is 22.4 Å². The van der Waals surface area contributed by atoms with Gasteiger partial charge in [-0.3, -0.25) is 0 Å². The van der Waals surface area contributed by atoms with E-state index in [2.05, 4.69) is 9.69 Å². The van der Waals surface area contributed by atoms with Crippen molar-refractivity contribution in [3.63, 3.8) is 0 Å². The van der Waals surface area contributed by atoms with Crippen molar-refractivity contribution in [1.29, 1.82) is 0 Å². The SMILES string of the molecule is [Cl][Ru+].[NH-][C@@H]1c2ccccc2C[C@@H]1O. The number of aliphatic hydroxyl groups excluding tert-OH is 1. The van der Waals surface area contributed by atoms with Crippen molar-refractivity contribution in [2.24, 2.45) is 0 Å². The summed E-state index contributed by atoms with van der Waals surface area (Å²) >= 11 is 1.82. The van der Waals surface area contributed by atoms with Crippen LogP contribution in [0.2, 0.25) is 0 Å². The average Bonchev–Trinajstić information content (AvgIpc) is 2.47. The van der Waals surface area contributed by atoms with Crippen LogP contribution in [0.5, 0.6) is 0 Å². The van der Waals surface area contributed by atoms with Gasteiger partial charge in [0.25, 0.3) is 0 Å². The van der Waals surface area contributed by atoms with Crippen LogP contribution in [0, 0.1) is 0 Å². The minimum atomic E-state index is -0.493. The fourth-order valence-corrected chi connectivity index (χ4v) is 1.57. The second-order valence-electron chi connectivity index (χ2n) is 2.95. The van der Waals surface area contributed by atoms with Crippen molar-refractivity contribution in [2.75, 3.05) is 0 Å². The van der Waals surface area contributed by atoms with Crippen molar-refractivity contribution in [1.82, 2.24) is 0 Å². The molecule has 0 saturated carbocycles. The first-order valence-electron chi connectivity index (χ1n) is 3.89. The molecule has 0 spiro atoms. The fraction of sp³-hybridized carbons (Fsp3) is 0.333. The van der Waals surface area contributed by atoms with Crippen molar-refractivity contribution in [3.8, 4) is 0 Å². The van der Waals surface area contributed by atoms with Gasteiger partial charge >= 0.3 is 27.0 Å². The molecule has 2 N–H and O–H groups in total. The molecule has 2 rings (SSSR count). The molecule has 0 saturated heterocycles. The standard InChI is InChI=1S/C9H10NO.ClH.Ru/c10-9-7-4-2-1-3-6(7)5-8(9)11;;/h1-4,8-11H,5H2;1H;/q-1;;+2/p-1/t8-,9+;;/m0../s1. The van der Waals surface area contributed by atoms with Crippen LogP contribution in [0.1, 0.15) is 17.2 Å². The Morgan fingerprint density at radius 3 is 2.62 bits per heavy atom. The number of rotatable bonds is 0. The number of aliphatic hydroxyl groups is 1. The van der Waals surface area contributed by atoms with E-state index in [1.807, 2.05) is 41.6 Å². The first-order chi connectivity index (χ1) is 6.29. The van der Waals surface area contributed by atoms with Crippen LogP contribution in [0.4, 0.5) is 0 Å². The molecule has 0 bridgehead atoms. The van der Waals surface area contributed by atoms with E-state index < -0.39 is 12.1 Å². The predicted octanol–water partition coefficient (Wildman–Crippen LogP) is 2.38. The van der Waals surface area contributed by atoms with Gasteiger partial charge in [-0.05, 0) is 12.0 Å². The van der Waals surface area contributed by atoms with Crippen LogP contribution in [0.25, 0.3) is 5.73 Å². The Morgan fingerprint density at radius 2 is 2.00 bits per heavy atom.